The van der Waals surface area contributed by atoms with Gasteiger partial charge in [-0.05, 0) is 42.4 Å². The molecule has 0 saturated carbocycles. The van der Waals surface area contributed by atoms with Crippen LogP contribution in [0.15, 0.2) is 42.5 Å². The first kappa shape index (κ1) is 17.3. The lowest BCUT2D eigenvalue weighted by Crippen LogP contribution is -2.30. The highest BCUT2D eigenvalue weighted by atomic mass is 32.1. The van der Waals surface area contributed by atoms with Crippen LogP contribution < -0.4 is 20.1 Å². The van der Waals surface area contributed by atoms with E-state index < -0.39 is 11.7 Å². The molecule has 0 unspecified atom stereocenters. The fourth-order valence-electron chi connectivity index (χ4n) is 2.37. The van der Waals surface area contributed by atoms with Gasteiger partial charge in [0.1, 0.15) is 0 Å². The highest BCUT2D eigenvalue weighted by Gasteiger charge is 2.30. The van der Waals surface area contributed by atoms with Gasteiger partial charge < -0.3 is 20.1 Å². The molecule has 0 spiro atoms. The number of thiocarbonyl (C=S) groups is 1. The Morgan fingerprint density at radius 2 is 1.88 bits per heavy atom. The lowest BCUT2D eigenvalue weighted by Gasteiger charge is -2.12. The molecule has 0 saturated heterocycles. The lowest BCUT2D eigenvalue weighted by molar-refractivity contribution is -0.137. The minimum absolute atomic E-state index is 0.193. The van der Waals surface area contributed by atoms with Crippen molar-refractivity contribution in [3.8, 4) is 11.5 Å². The SMILES string of the molecule is FC(F)(F)c1cccc(CCNC(=S)Nc2ccc3c(c2)OCO3)c1. The van der Waals surface area contributed by atoms with Crippen LogP contribution in [0.4, 0.5) is 18.9 Å². The Bertz CT molecular complexity index is 781. The topological polar surface area (TPSA) is 42.5 Å². The van der Waals surface area contributed by atoms with Crippen LogP contribution in [0.2, 0.25) is 0 Å². The molecule has 0 amide bonds. The van der Waals surface area contributed by atoms with E-state index in [0.29, 0.717) is 35.1 Å². The molecular formula is C17H15F3N2O2S. The zero-order valence-electron chi connectivity index (χ0n) is 13.0. The molecule has 2 N–H and O–H groups in total. The average molecular weight is 368 g/mol. The van der Waals surface area contributed by atoms with E-state index in [1.165, 1.54) is 6.07 Å². The molecule has 3 rings (SSSR count). The zero-order chi connectivity index (χ0) is 17.9. The first-order valence-corrected chi connectivity index (χ1v) is 7.93. The fourth-order valence-corrected chi connectivity index (χ4v) is 2.59. The Morgan fingerprint density at radius 3 is 2.68 bits per heavy atom. The van der Waals surface area contributed by atoms with Crippen LogP contribution in [-0.4, -0.2) is 18.5 Å². The Kier molecular flexibility index (Phi) is 4.98. The molecule has 0 aromatic heterocycles. The minimum atomic E-state index is -4.33. The van der Waals surface area contributed by atoms with Crippen molar-refractivity contribution in [2.24, 2.45) is 0 Å². The number of hydrogen-bond acceptors (Lipinski definition) is 3. The third kappa shape index (κ3) is 4.54. The zero-order valence-corrected chi connectivity index (χ0v) is 13.8. The summed E-state index contributed by atoms with van der Waals surface area (Å²) in [6.07, 6.45) is -3.91. The van der Waals surface area contributed by atoms with Crippen molar-refractivity contribution < 1.29 is 22.6 Å². The van der Waals surface area contributed by atoms with Crippen molar-refractivity contribution in [1.82, 2.24) is 5.32 Å². The summed E-state index contributed by atoms with van der Waals surface area (Å²) in [5.74, 6) is 1.31. The van der Waals surface area contributed by atoms with Gasteiger partial charge in [0.25, 0.3) is 0 Å². The molecule has 0 fully saturated rings. The second-order valence-electron chi connectivity index (χ2n) is 5.40. The summed E-state index contributed by atoms with van der Waals surface area (Å²) < 4.78 is 48.6. The highest BCUT2D eigenvalue weighted by molar-refractivity contribution is 7.80. The molecule has 0 radical (unpaired) electrons. The number of ether oxygens (including phenoxy) is 2. The molecule has 0 aliphatic carbocycles. The second-order valence-corrected chi connectivity index (χ2v) is 5.81. The number of anilines is 1. The highest BCUT2D eigenvalue weighted by Crippen LogP contribution is 2.34. The molecule has 2 aromatic carbocycles. The van der Waals surface area contributed by atoms with E-state index in [2.05, 4.69) is 10.6 Å². The molecule has 2 aromatic rings. The normalized spacial score (nSPS) is 12.8. The third-order valence-corrected chi connectivity index (χ3v) is 3.83. The number of fused-ring (bicyclic) bond motifs is 1. The van der Waals surface area contributed by atoms with Crippen LogP contribution in [-0.2, 0) is 12.6 Å². The number of benzene rings is 2. The maximum absolute atomic E-state index is 12.7. The molecule has 1 heterocycles. The first-order valence-electron chi connectivity index (χ1n) is 7.52. The molecule has 25 heavy (non-hydrogen) atoms. The van der Waals surface area contributed by atoms with Gasteiger partial charge in [-0.25, -0.2) is 0 Å². The van der Waals surface area contributed by atoms with E-state index in [1.807, 2.05) is 0 Å². The van der Waals surface area contributed by atoms with E-state index >= 15 is 0 Å². The van der Waals surface area contributed by atoms with E-state index in [4.69, 9.17) is 21.7 Å². The van der Waals surface area contributed by atoms with Crippen molar-refractivity contribution >= 4 is 23.0 Å². The Morgan fingerprint density at radius 1 is 1.08 bits per heavy atom. The molecule has 4 nitrogen and oxygen atoms in total. The summed E-state index contributed by atoms with van der Waals surface area (Å²) in [5, 5.41) is 6.35. The lowest BCUT2D eigenvalue weighted by atomic mass is 10.1. The molecule has 1 aliphatic rings. The molecule has 8 heteroatoms. The van der Waals surface area contributed by atoms with Crippen molar-refractivity contribution in [3.05, 3.63) is 53.6 Å². The standard InChI is InChI=1S/C17H15F3N2O2S/c18-17(19,20)12-3-1-2-11(8-12)6-7-21-16(25)22-13-4-5-14-15(9-13)24-10-23-14/h1-5,8-9H,6-7,10H2,(H2,21,22,25). The van der Waals surface area contributed by atoms with Crippen molar-refractivity contribution in [3.63, 3.8) is 0 Å². The van der Waals surface area contributed by atoms with E-state index in [-0.39, 0.29) is 6.79 Å². The van der Waals surface area contributed by atoms with Crippen molar-refractivity contribution in [2.75, 3.05) is 18.7 Å². The summed E-state index contributed by atoms with van der Waals surface area (Å²) in [7, 11) is 0. The summed E-state index contributed by atoms with van der Waals surface area (Å²) in [6.45, 7) is 0.607. The summed E-state index contributed by atoms with van der Waals surface area (Å²) >= 11 is 5.19. The Labute approximate surface area is 147 Å². The molecule has 0 atom stereocenters. The van der Waals surface area contributed by atoms with Gasteiger partial charge in [-0.1, -0.05) is 18.2 Å². The summed E-state index contributed by atoms with van der Waals surface area (Å²) in [6, 6.07) is 10.6. The van der Waals surface area contributed by atoms with Gasteiger partial charge in [-0.2, -0.15) is 13.2 Å². The number of alkyl halides is 3. The maximum Gasteiger partial charge on any atom is 0.416 e. The van der Waals surface area contributed by atoms with Gasteiger partial charge in [0.05, 0.1) is 5.56 Å². The van der Waals surface area contributed by atoms with Gasteiger partial charge in [-0.3, -0.25) is 0 Å². The van der Waals surface area contributed by atoms with Crippen LogP contribution in [0.5, 0.6) is 11.5 Å². The van der Waals surface area contributed by atoms with Crippen LogP contribution >= 0.6 is 12.2 Å². The van der Waals surface area contributed by atoms with Gasteiger partial charge >= 0.3 is 6.18 Å². The number of halogens is 3. The van der Waals surface area contributed by atoms with Gasteiger partial charge in [0.2, 0.25) is 6.79 Å². The maximum atomic E-state index is 12.7. The molecule has 132 valence electrons. The number of nitrogens with one attached hydrogen (secondary N) is 2. The van der Waals surface area contributed by atoms with E-state index in [9.17, 15) is 13.2 Å². The van der Waals surface area contributed by atoms with E-state index in [0.717, 1.165) is 17.8 Å². The van der Waals surface area contributed by atoms with E-state index in [1.54, 1.807) is 24.3 Å². The predicted molar refractivity (Wildman–Crippen MR) is 91.9 cm³/mol. The quantitative estimate of drug-likeness (QED) is 0.800. The first-order chi connectivity index (χ1) is 11.9. The Hall–Kier alpha value is -2.48. The Balaban J connectivity index is 1.50. The van der Waals surface area contributed by atoms with Gasteiger partial charge in [0, 0.05) is 18.3 Å². The molecule has 1 aliphatic heterocycles. The van der Waals surface area contributed by atoms with Crippen molar-refractivity contribution in [1.29, 1.82) is 0 Å². The van der Waals surface area contributed by atoms with Crippen LogP contribution in [0.25, 0.3) is 0 Å². The number of hydrogen-bond donors (Lipinski definition) is 2. The van der Waals surface area contributed by atoms with Crippen LogP contribution in [0, 0.1) is 0 Å². The van der Waals surface area contributed by atoms with Crippen LogP contribution in [0.3, 0.4) is 0 Å². The predicted octanol–water partition coefficient (Wildman–Crippen LogP) is 3.96. The smallest absolute Gasteiger partial charge is 0.416 e. The average Bonchev–Trinajstić information content (AvgIpc) is 3.02. The number of rotatable bonds is 4. The third-order valence-electron chi connectivity index (χ3n) is 3.58. The fraction of sp³-hybridized carbons (Fsp3) is 0.235. The molecular weight excluding hydrogens is 353 g/mol. The summed E-state index contributed by atoms with van der Waals surface area (Å²) in [5.41, 5.74) is 0.681. The van der Waals surface area contributed by atoms with Gasteiger partial charge in [-0.15, -0.1) is 0 Å². The molecule has 0 bridgehead atoms. The van der Waals surface area contributed by atoms with Crippen molar-refractivity contribution in [2.45, 2.75) is 12.6 Å². The van der Waals surface area contributed by atoms with Crippen LogP contribution in [0.1, 0.15) is 11.1 Å². The minimum Gasteiger partial charge on any atom is -0.454 e. The largest absolute Gasteiger partial charge is 0.454 e. The van der Waals surface area contributed by atoms with Gasteiger partial charge in [0.15, 0.2) is 16.6 Å². The summed E-state index contributed by atoms with van der Waals surface area (Å²) in [4.78, 5) is 0. The monoisotopic (exact) mass is 368 g/mol. The second kappa shape index (κ2) is 7.18.